The average Bonchev–Trinajstić information content (AvgIpc) is 1.86. The maximum atomic E-state index is 6.04. The molecule has 10 heavy (non-hydrogen) atoms. The molecule has 0 aromatic carbocycles. The van der Waals surface area contributed by atoms with E-state index in [0.29, 0.717) is 0 Å². The van der Waals surface area contributed by atoms with Gasteiger partial charge in [0.25, 0.3) is 0 Å². The van der Waals surface area contributed by atoms with Crippen molar-refractivity contribution >= 4 is 9.69 Å². The normalized spacial score (nSPS) is 21.5. The molecule has 2 heteroatoms. The topological polar surface area (TPSA) is 0 Å². The zero-order chi connectivity index (χ0) is 8.36. The first-order chi connectivity index (χ1) is 5.41. The van der Waals surface area contributed by atoms with Gasteiger partial charge in [-0.3, -0.25) is 0 Å². The summed E-state index contributed by atoms with van der Waals surface area (Å²) in [6.07, 6.45) is 14.0. The van der Waals surface area contributed by atoms with Gasteiger partial charge in [-0.15, -0.1) is 0 Å². The molecule has 0 bridgehead atoms. The standard InChI is InChI=1S/C8H12.ClH.Rh.H/c1-2-4-6-8-7-5-3-1;;;/h1-2,7-8H,3-6H2;1H;;/q;;+1;/p-1/b2-1-,8-7?;;;/i;;;1+1. The minimum absolute atomic E-state index is 0.448. The second-order valence-corrected chi connectivity index (χ2v) is 2.10. The van der Waals surface area contributed by atoms with Gasteiger partial charge >= 0.3 is 27.7 Å². The molecule has 0 fully saturated rings. The molecule has 0 atom stereocenters. The fourth-order valence-electron chi connectivity index (χ4n) is 0.856. The van der Waals surface area contributed by atoms with Crippen LogP contribution in [0.25, 0.3) is 0 Å². The molecule has 1 rings (SSSR count). The summed E-state index contributed by atoms with van der Waals surface area (Å²) in [6.45, 7) is 0. The second kappa shape index (κ2) is 9.39. The molecule has 0 heterocycles. The zero-order valence-corrected chi connectivity index (χ0v) is 8.24. The van der Waals surface area contributed by atoms with E-state index in [1.54, 1.807) is 0 Å². The van der Waals surface area contributed by atoms with Crippen molar-refractivity contribution in [1.29, 1.82) is 0.832 Å². The third-order valence-corrected chi connectivity index (χ3v) is 1.33. The molecule has 0 aromatic rings. The summed E-state index contributed by atoms with van der Waals surface area (Å²) in [5.74, 6) is 0. The molecule has 0 saturated carbocycles. The first-order valence-corrected chi connectivity index (χ1v) is 5.54. The Morgan fingerprint density at radius 3 is 1.40 bits per heavy atom. The van der Waals surface area contributed by atoms with Crippen LogP contribution in [0.4, 0.5) is 0 Å². The van der Waals surface area contributed by atoms with E-state index in [4.69, 9.17) is 10.5 Å². The van der Waals surface area contributed by atoms with Crippen LogP contribution < -0.4 is 0 Å². The van der Waals surface area contributed by atoms with Crippen LogP contribution in [-0.2, 0) is 17.2 Å². The molecule has 0 N–H and O–H groups in total. The van der Waals surface area contributed by atoms with Crippen molar-refractivity contribution in [2.24, 2.45) is 0 Å². The van der Waals surface area contributed by atoms with Gasteiger partial charge in [-0.25, -0.2) is 0 Å². The molecule has 0 saturated heterocycles. The number of rotatable bonds is 0. The van der Waals surface area contributed by atoms with Gasteiger partial charge in [0.05, 0.1) is 0 Å². The van der Waals surface area contributed by atoms with Gasteiger partial charge in [0.2, 0.25) is 0 Å². The molecular formula is C8H13ClRh. The van der Waals surface area contributed by atoms with Crippen LogP contribution in [0.3, 0.4) is 0 Å². The van der Waals surface area contributed by atoms with E-state index in [1.165, 1.54) is 25.7 Å². The summed E-state index contributed by atoms with van der Waals surface area (Å²) in [5.41, 5.74) is 0. The zero-order valence-electron chi connectivity index (χ0n) is 6.85. The summed E-state index contributed by atoms with van der Waals surface area (Å²) < 4.78 is 6.04. The second-order valence-electron chi connectivity index (χ2n) is 2.10. The predicted molar refractivity (Wildman–Crippen MR) is 44.0 cm³/mol. The Hall–Kier alpha value is 0.393. The van der Waals surface area contributed by atoms with Crippen molar-refractivity contribution in [2.75, 3.05) is 0 Å². The van der Waals surface area contributed by atoms with Gasteiger partial charge in [0.1, 0.15) is 0 Å². The molecule has 1 aliphatic carbocycles. The van der Waals surface area contributed by atoms with Crippen molar-refractivity contribution in [3.63, 3.8) is 0 Å². The third-order valence-electron chi connectivity index (χ3n) is 1.33. The average molecular weight is 249 g/mol. The molecule has 0 spiro atoms. The predicted octanol–water partition coefficient (Wildman–Crippen LogP) is 3.09. The van der Waals surface area contributed by atoms with E-state index in [1.807, 2.05) is 0 Å². The van der Waals surface area contributed by atoms with Gasteiger partial charge in [0, 0.05) is 0 Å². The Bertz CT molecular complexity index is 97.3. The Balaban J connectivity index is 0.000000292. The summed E-state index contributed by atoms with van der Waals surface area (Å²) in [4.78, 5) is 0. The van der Waals surface area contributed by atoms with Crippen LogP contribution >= 0.6 is 9.69 Å². The van der Waals surface area contributed by atoms with Gasteiger partial charge < -0.3 is 0 Å². The molecule has 0 aliphatic heterocycles. The third kappa shape index (κ3) is 6.51. The van der Waals surface area contributed by atoms with E-state index < -0.39 is 17.2 Å². The van der Waals surface area contributed by atoms with Crippen molar-refractivity contribution in [3.8, 4) is 0 Å². The van der Waals surface area contributed by atoms with Crippen LogP contribution in [0.5, 0.6) is 0 Å². The Morgan fingerprint density at radius 1 is 1.00 bits per heavy atom. The van der Waals surface area contributed by atoms with Crippen LogP contribution in [0.15, 0.2) is 24.3 Å². The van der Waals surface area contributed by atoms with Gasteiger partial charge in [-0.2, -0.15) is 0 Å². The van der Waals surface area contributed by atoms with E-state index >= 15 is 0 Å². The Morgan fingerprint density at radius 2 is 1.20 bits per heavy atom. The molecule has 0 unspecified atom stereocenters. The minimum atomic E-state index is -0.448. The van der Waals surface area contributed by atoms with Gasteiger partial charge in [0.15, 0.2) is 0 Å². The fraction of sp³-hybridized carbons (Fsp3) is 0.500. The summed E-state index contributed by atoms with van der Waals surface area (Å²) >= 11 is -0.448. The number of hydrogen-bond acceptors (Lipinski definition) is 0. The first-order valence-electron chi connectivity index (χ1n) is 3.76. The molecule has 61 valence electrons. The Labute approximate surface area is 77.8 Å². The molecule has 1 aliphatic rings. The Kier molecular flexibility index (Phi) is 7.97. The summed E-state index contributed by atoms with van der Waals surface area (Å²) in [7, 11) is 4.74. The molecule has 0 radical (unpaired) electrons. The molecule has 0 aromatic heterocycles. The van der Waals surface area contributed by atoms with Crippen molar-refractivity contribution in [1.82, 2.24) is 0 Å². The first kappa shape index (κ1) is 8.49. The molecule has 0 nitrogen and oxygen atoms in total. The monoisotopic (exact) mass is 248 g/mol. The quantitative estimate of drug-likeness (QED) is 0.456. The number of allylic oxidation sites excluding steroid dienone is 4. The fourth-order valence-corrected chi connectivity index (χ4v) is 0.856. The van der Waals surface area contributed by atoms with Crippen LogP contribution in [0.2, 0.25) is 0 Å². The van der Waals surface area contributed by atoms with E-state index in [-0.39, 0.29) is 0 Å². The van der Waals surface area contributed by atoms with Crippen molar-refractivity contribution in [3.05, 3.63) is 24.3 Å². The van der Waals surface area contributed by atoms with Gasteiger partial charge in [-0.05, 0) is 25.7 Å². The van der Waals surface area contributed by atoms with E-state index in [9.17, 15) is 0 Å². The molecular weight excluding hydrogens is 234 g/mol. The van der Waals surface area contributed by atoms with Crippen molar-refractivity contribution in [2.45, 2.75) is 25.7 Å². The van der Waals surface area contributed by atoms with E-state index in [0.717, 1.165) is 0 Å². The van der Waals surface area contributed by atoms with E-state index in [2.05, 4.69) is 24.3 Å². The van der Waals surface area contributed by atoms with Crippen LogP contribution in [0.1, 0.15) is 25.7 Å². The summed E-state index contributed by atoms with van der Waals surface area (Å²) in [5, 5.41) is 0. The summed E-state index contributed by atoms with van der Waals surface area (Å²) in [6, 6.07) is 0. The number of halogens is 1. The van der Waals surface area contributed by atoms with Crippen LogP contribution in [0, 0.1) is 0 Å². The number of hydrogen-bond donors (Lipinski definition) is 0. The maximum absolute atomic E-state index is 6.04. The SMILES string of the molecule is C1=CCC/C=C\CC1.[2H][Rh][Cl]. The molecule has 0 amide bonds. The van der Waals surface area contributed by atoms with Crippen LogP contribution in [-0.4, -0.2) is 0.832 Å². The van der Waals surface area contributed by atoms with Gasteiger partial charge in [-0.1, -0.05) is 24.3 Å². The van der Waals surface area contributed by atoms with Crippen molar-refractivity contribution < 1.29 is 17.2 Å².